The van der Waals surface area contributed by atoms with Gasteiger partial charge in [0.05, 0.1) is 17.3 Å². The summed E-state index contributed by atoms with van der Waals surface area (Å²) in [5.74, 6) is 1.60. The fourth-order valence-corrected chi connectivity index (χ4v) is 3.26. The zero-order valence-corrected chi connectivity index (χ0v) is 12.7. The van der Waals surface area contributed by atoms with Gasteiger partial charge < -0.3 is 10.0 Å². The molecule has 1 aliphatic rings. The number of rotatable bonds is 3. The quantitative estimate of drug-likeness (QED) is 0.902. The number of halogens is 1. The molecule has 1 N–H and O–H groups in total. The third-order valence-electron chi connectivity index (χ3n) is 4.25. The predicted molar refractivity (Wildman–Crippen MR) is 81.8 cm³/mol. The molecule has 0 radical (unpaired) electrons. The van der Waals surface area contributed by atoms with E-state index in [0.717, 1.165) is 41.2 Å². The third-order valence-corrected chi connectivity index (χ3v) is 4.55. The molecule has 1 saturated heterocycles. The summed E-state index contributed by atoms with van der Waals surface area (Å²) in [6.07, 6.45) is 3.80. The number of benzene rings is 1. The van der Waals surface area contributed by atoms with Gasteiger partial charge in [0, 0.05) is 13.1 Å². The van der Waals surface area contributed by atoms with Crippen molar-refractivity contribution < 1.29 is 5.11 Å². The normalized spacial score (nSPS) is 20.7. The average molecular weight is 282 g/mol. The van der Waals surface area contributed by atoms with Gasteiger partial charge in [-0.15, -0.1) is 0 Å². The fraction of sp³-hybridized carbons (Fsp3) is 0.625. The fourth-order valence-electron chi connectivity index (χ4n) is 2.93. The van der Waals surface area contributed by atoms with Crippen molar-refractivity contribution in [3.63, 3.8) is 0 Å². The minimum atomic E-state index is 0.0510. The van der Waals surface area contributed by atoms with Crippen LogP contribution in [0.15, 0.2) is 18.2 Å². The first-order chi connectivity index (χ1) is 9.11. The highest BCUT2D eigenvalue weighted by Crippen LogP contribution is 2.31. The summed E-state index contributed by atoms with van der Waals surface area (Å²) in [7, 11) is 0. The largest absolute Gasteiger partial charge is 0.392 e. The number of aliphatic hydroxyl groups is 1. The number of aliphatic hydroxyl groups excluding tert-OH is 1. The van der Waals surface area contributed by atoms with Crippen LogP contribution in [0.4, 0.5) is 5.69 Å². The Morgan fingerprint density at radius 1 is 1.32 bits per heavy atom. The smallest absolute Gasteiger partial charge is 0.0682 e. The van der Waals surface area contributed by atoms with Crippen molar-refractivity contribution in [3.8, 4) is 0 Å². The van der Waals surface area contributed by atoms with Crippen molar-refractivity contribution in [2.75, 3.05) is 18.0 Å². The molecular formula is C16H24ClNO. The van der Waals surface area contributed by atoms with Crippen LogP contribution in [0, 0.1) is 11.8 Å². The number of hydrogen-bond acceptors (Lipinski definition) is 2. The molecule has 2 rings (SSSR count). The Hall–Kier alpha value is -0.730. The Bertz CT molecular complexity index is 419. The first-order valence-electron chi connectivity index (χ1n) is 7.26. The van der Waals surface area contributed by atoms with Gasteiger partial charge in [-0.05, 0) is 48.8 Å². The van der Waals surface area contributed by atoms with Gasteiger partial charge in [-0.3, -0.25) is 0 Å². The highest BCUT2D eigenvalue weighted by atomic mass is 35.5. The van der Waals surface area contributed by atoms with Crippen LogP contribution in [-0.2, 0) is 6.61 Å². The summed E-state index contributed by atoms with van der Waals surface area (Å²) in [6, 6.07) is 5.89. The molecule has 1 heterocycles. The molecular weight excluding hydrogens is 258 g/mol. The van der Waals surface area contributed by atoms with E-state index >= 15 is 0 Å². The topological polar surface area (TPSA) is 23.5 Å². The van der Waals surface area contributed by atoms with Gasteiger partial charge in [0.1, 0.15) is 0 Å². The molecule has 1 aliphatic heterocycles. The third kappa shape index (κ3) is 3.64. The maximum Gasteiger partial charge on any atom is 0.0682 e. The van der Waals surface area contributed by atoms with Crippen LogP contribution < -0.4 is 4.90 Å². The number of hydrogen-bond donors (Lipinski definition) is 1. The van der Waals surface area contributed by atoms with Crippen LogP contribution in [0.3, 0.4) is 0 Å². The van der Waals surface area contributed by atoms with Crippen LogP contribution in [0.1, 0.15) is 38.7 Å². The lowest BCUT2D eigenvalue weighted by atomic mass is 9.89. The average Bonchev–Trinajstić information content (AvgIpc) is 2.64. The Labute approximate surface area is 121 Å². The highest BCUT2D eigenvalue weighted by Gasteiger charge is 2.20. The molecule has 1 aromatic carbocycles. The van der Waals surface area contributed by atoms with E-state index in [1.54, 1.807) is 0 Å². The van der Waals surface area contributed by atoms with Crippen molar-refractivity contribution in [1.82, 2.24) is 0 Å². The second-order valence-electron chi connectivity index (χ2n) is 5.87. The molecule has 19 heavy (non-hydrogen) atoms. The molecule has 0 bridgehead atoms. The van der Waals surface area contributed by atoms with Gasteiger partial charge in [0.2, 0.25) is 0 Å². The monoisotopic (exact) mass is 281 g/mol. The van der Waals surface area contributed by atoms with E-state index in [2.05, 4.69) is 18.7 Å². The van der Waals surface area contributed by atoms with Gasteiger partial charge in [0.15, 0.2) is 0 Å². The lowest BCUT2D eigenvalue weighted by molar-refractivity contribution is 0.282. The molecule has 3 heteroatoms. The second kappa shape index (κ2) is 6.62. The molecule has 0 amide bonds. The minimum Gasteiger partial charge on any atom is -0.392 e. The zero-order chi connectivity index (χ0) is 13.8. The summed E-state index contributed by atoms with van der Waals surface area (Å²) in [4.78, 5) is 2.39. The van der Waals surface area contributed by atoms with E-state index in [-0.39, 0.29) is 6.61 Å². The van der Waals surface area contributed by atoms with E-state index in [4.69, 9.17) is 16.7 Å². The summed E-state index contributed by atoms with van der Waals surface area (Å²) in [6.45, 7) is 6.87. The van der Waals surface area contributed by atoms with Crippen molar-refractivity contribution in [2.45, 2.75) is 39.7 Å². The van der Waals surface area contributed by atoms with E-state index in [0.29, 0.717) is 0 Å². The molecule has 0 aliphatic carbocycles. The molecule has 2 nitrogen and oxygen atoms in total. The second-order valence-corrected chi connectivity index (χ2v) is 6.27. The van der Waals surface area contributed by atoms with E-state index in [1.807, 2.05) is 18.2 Å². The molecule has 0 saturated carbocycles. The molecule has 1 fully saturated rings. The Morgan fingerprint density at radius 3 is 2.74 bits per heavy atom. The molecule has 1 aromatic rings. The van der Waals surface area contributed by atoms with Gasteiger partial charge in [-0.1, -0.05) is 31.5 Å². The van der Waals surface area contributed by atoms with Crippen LogP contribution >= 0.6 is 11.6 Å². The molecule has 0 aromatic heterocycles. The Kier molecular flexibility index (Phi) is 5.12. The van der Waals surface area contributed by atoms with Gasteiger partial charge in [0.25, 0.3) is 0 Å². The highest BCUT2D eigenvalue weighted by molar-refractivity contribution is 6.33. The first-order valence-corrected chi connectivity index (χ1v) is 7.64. The minimum absolute atomic E-state index is 0.0510. The summed E-state index contributed by atoms with van der Waals surface area (Å²) >= 11 is 6.34. The Balaban J connectivity index is 2.10. The van der Waals surface area contributed by atoms with Crippen molar-refractivity contribution in [3.05, 3.63) is 28.8 Å². The van der Waals surface area contributed by atoms with Crippen LogP contribution in [0.25, 0.3) is 0 Å². The molecule has 1 atom stereocenters. The van der Waals surface area contributed by atoms with Crippen LogP contribution in [0.2, 0.25) is 5.02 Å². The van der Waals surface area contributed by atoms with E-state index in [9.17, 15) is 0 Å². The van der Waals surface area contributed by atoms with Crippen LogP contribution in [-0.4, -0.2) is 18.2 Å². The van der Waals surface area contributed by atoms with Crippen LogP contribution in [0.5, 0.6) is 0 Å². The maximum atomic E-state index is 9.13. The first kappa shape index (κ1) is 14.7. The zero-order valence-electron chi connectivity index (χ0n) is 11.9. The number of anilines is 1. The summed E-state index contributed by atoms with van der Waals surface area (Å²) < 4.78 is 0. The van der Waals surface area contributed by atoms with Crippen molar-refractivity contribution in [1.29, 1.82) is 0 Å². The lowest BCUT2D eigenvalue weighted by Gasteiger charge is -2.25. The number of nitrogens with zero attached hydrogens (tertiary/aromatic N) is 1. The SMILES string of the molecule is CC(C)C1CCCN(c2ccc(CO)cc2Cl)CC1. The van der Waals surface area contributed by atoms with E-state index < -0.39 is 0 Å². The standard InChI is InChI=1S/C16H24ClNO/c1-12(2)14-4-3-8-18(9-7-14)16-6-5-13(11-19)10-15(16)17/h5-6,10,12,14,19H,3-4,7-9,11H2,1-2H3. The van der Waals surface area contributed by atoms with E-state index in [1.165, 1.54) is 19.3 Å². The lowest BCUT2D eigenvalue weighted by Crippen LogP contribution is -2.24. The molecule has 1 unspecified atom stereocenters. The summed E-state index contributed by atoms with van der Waals surface area (Å²) in [5, 5.41) is 9.89. The molecule has 0 spiro atoms. The maximum absolute atomic E-state index is 9.13. The van der Waals surface area contributed by atoms with Crippen molar-refractivity contribution >= 4 is 17.3 Å². The van der Waals surface area contributed by atoms with Gasteiger partial charge in [-0.2, -0.15) is 0 Å². The summed E-state index contributed by atoms with van der Waals surface area (Å²) in [5.41, 5.74) is 1.99. The van der Waals surface area contributed by atoms with Gasteiger partial charge >= 0.3 is 0 Å². The predicted octanol–water partition coefficient (Wildman–Crippen LogP) is 4.09. The van der Waals surface area contributed by atoms with Crippen molar-refractivity contribution in [2.24, 2.45) is 11.8 Å². The van der Waals surface area contributed by atoms with Gasteiger partial charge in [-0.25, -0.2) is 0 Å². The molecule has 106 valence electrons. The Morgan fingerprint density at radius 2 is 2.11 bits per heavy atom.